The van der Waals surface area contributed by atoms with Gasteiger partial charge in [-0.2, -0.15) is 0 Å². The molecule has 0 aromatic heterocycles. The molecule has 1 fully saturated rings. The Morgan fingerprint density at radius 3 is 2.65 bits per heavy atom. The minimum Gasteiger partial charge on any atom is -0.404 e. The summed E-state index contributed by atoms with van der Waals surface area (Å²) in [6.45, 7) is 3.32. The van der Waals surface area contributed by atoms with E-state index >= 15 is 0 Å². The standard InChI is InChI=1S/C16H24N4/c17-10-6-16(18)19-15-8-12-20(13-9-15)11-7-14-4-2-1-3-5-14/h1-6,10,15H,7-9,11-13,17H2,(H2,18,19)/b10-6-. The van der Waals surface area contributed by atoms with Gasteiger partial charge < -0.3 is 16.0 Å². The molecule has 0 radical (unpaired) electrons. The van der Waals surface area contributed by atoms with Crippen molar-refractivity contribution in [3.63, 3.8) is 0 Å². The molecule has 1 aromatic rings. The number of benzene rings is 1. The van der Waals surface area contributed by atoms with Crippen molar-refractivity contribution in [2.24, 2.45) is 5.73 Å². The second-order valence-corrected chi connectivity index (χ2v) is 5.27. The fraction of sp³-hybridized carbons (Fsp3) is 0.438. The normalized spacial score (nSPS) is 17.4. The van der Waals surface area contributed by atoms with Gasteiger partial charge in [-0.05, 0) is 37.1 Å². The monoisotopic (exact) mass is 272 g/mol. The third-order valence-corrected chi connectivity index (χ3v) is 3.77. The Labute approximate surface area is 121 Å². The highest BCUT2D eigenvalue weighted by Crippen LogP contribution is 2.11. The molecule has 1 aliphatic heterocycles. The molecule has 4 nitrogen and oxygen atoms in total. The van der Waals surface area contributed by atoms with Crippen molar-refractivity contribution in [1.29, 1.82) is 5.41 Å². The van der Waals surface area contributed by atoms with Gasteiger partial charge in [0.1, 0.15) is 5.84 Å². The van der Waals surface area contributed by atoms with Crippen LogP contribution in [0, 0.1) is 5.41 Å². The highest BCUT2D eigenvalue weighted by Gasteiger charge is 2.18. The molecule has 20 heavy (non-hydrogen) atoms. The number of hydrogen-bond donors (Lipinski definition) is 3. The van der Waals surface area contributed by atoms with Crippen molar-refractivity contribution in [3.8, 4) is 0 Å². The number of likely N-dealkylation sites (tertiary alicyclic amines) is 1. The summed E-state index contributed by atoms with van der Waals surface area (Å²) in [6, 6.07) is 11.0. The molecule has 0 atom stereocenters. The van der Waals surface area contributed by atoms with Crippen molar-refractivity contribution >= 4 is 5.84 Å². The summed E-state index contributed by atoms with van der Waals surface area (Å²) in [6.07, 6.45) is 6.31. The van der Waals surface area contributed by atoms with E-state index < -0.39 is 0 Å². The van der Waals surface area contributed by atoms with Crippen LogP contribution in [-0.4, -0.2) is 36.4 Å². The van der Waals surface area contributed by atoms with Gasteiger partial charge in [0.2, 0.25) is 0 Å². The Bertz CT molecular complexity index is 433. The Morgan fingerprint density at radius 1 is 1.30 bits per heavy atom. The van der Waals surface area contributed by atoms with Crippen LogP contribution in [0.1, 0.15) is 18.4 Å². The molecule has 4 heteroatoms. The van der Waals surface area contributed by atoms with Gasteiger partial charge >= 0.3 is 0 Å². The van der Waals surface area contributed by atoms with E-state index in [1.54, 1.807) is 6.08 Å². The third kappa shape index (κ3) is 4.70. The van der Waals surface area contributed by atoms with Gasteiger partial charge in [-0.1, -0.05) is 30.3 Å². The summed E-state index contributed by atoms with van der Waals surface area (Å²) in [5, 5.41) is 10.9. The van der Waals surface area contributed by atoms with E-state index in [1.807, 2.05) is 0 Å². The summed E-state index contributed by atoms with van der Waals surface area (Å²) < 4.78 is 0. The maximum atomic E-state index is 7.68. The lowest BCUT2D eigenvalue weighted by Gasteiger charge is -2.32. The fourth-order valence-electron chi connectivity index (χ4n) is 2.60. The minimum absolute atomic E-state index is 0.409. The lowest BCUT2D eigenvalue weighted by atomic mass is 10.0. The first-order valence-corrected chi connectivity index (χ1v) is 7.27. The molecule has 0 spiro atoms. The topological polar surface area (TPSA) is 65.1 Å². The van der Waals surface area contributed by atoms with Crippen LogP contribution in [0.4, 0.5) is 0 Å². The minimum atomic E-state index is 0.409. The predicted molar refractivity (Wildman–Crippen MR) is 83.8 cm³/mol. The second-order valence-electron chi connectivity index (χ2n) is 5.27. The highest BCUT2D eigenvalue weighted by molar-refractivity contribution is 5.90. The number of nitrogens with two attached hydrogens (primary N) is 1. The van der Waals surface area contributed by atoms with Crippen LogP contribution in [0.5, 0.6) is 0 Å². The first-order valence-electron chi connectivity index (χ1n) is 7.27. The zero-order valence-corrected chi connectivity index (χ0v) is 11.9. The van der Waals surface area contributed by atoms with Crippen molar-refractivity contribution < 1.29 is 0 Å². The van der Waals surface area contributed by atoms with E-state index in [-0.39, 0.29) is 0 Å². The van der Waals surface area contributed by atoms with E-state index in [9.17, 15) is 0 Å². The van der Waals surface area contributed by atoms with E-state index in [4.69, 9.17) is 11.1 Å². The maximum Gasteiger partial charge on any atom is 0.119 e. The van der Waals surface area contributed by atoms with E-state index in [1.165, 1.54) is 11.8 Å². The zero-order chi connectivity index (χ0) is 14.2. The Kier molecular flexibility index (Phi) is 5.62. The molecule has 4 N–H and O–H groups in total. The van der Waals surface area contributed by atoms with Gasteiger partial charge in [0.15, 0.2) is 0 Å². The summed E-state index contributed by atoms with van der Waals surface area (Å²) in [7, 11) is 0. The number of nitrogens with one attached hydrogen (secondary N) is 2. The molecule has 0 saturated carbocycles. The first kappa shape index (κ1) is 14.6. The molecule has 1 aliphatic rings. The lowest BCUT2D eigenvalue weighted by Crippen LogP contribution is -2.44. The molecule has 0 bridgehead atoms. The summed E-state index contributed by atoms with van der Waals surface area (Å²) in [5.74, 6) is 0.412. The smallest absolute Gasteiger partial charge is 0.119 e. The lowest BCUT2D eigenvalue weighted by molar-refractivity contribution is 0.208. The van der Waals surface area contributed by atoms with Gasteiger partial charge in [0, 0.05) is 25.7 Å². The fourth-order valence-corrected chi connectivity index (χ4v) is 2.60. The van der Waals surface area contributed by atoms with Gasteiger partial charge in [0.05, 0.1) is 0 Å². The third-order valence-electron chi connectivity index (χ3n) is 3.77. The number of piperidine rings is 1. The Morgan fingerprint density at radius 2 is 2.00 bits per heavy atom. The Balaban J connectivity index is 1.68. The van der Waals surface area contributed by atoms with Crippen molar-refractivity contribution in [3.05, 3.63) is 48.2 Å². The first-order chi connectivity index (χ1) is 9.78. The van der Waals surface area contributed by atoms with Gasteiger partial charge in [0.25, 0.3) is 0 Å². The molecule has 0 aliphatic carbocycles. The molecule has 1 saturated heterocycles. The molecule has 108 valence electrons. The zero-order valence-electron chi connectivity index (χ0n) is 11.9. The van der Waals surface area contributed by atoms with Crippen molar-refractivity contribution in [1.82, 2.24) is 10.2 Å². The molecule has 2 rings (SSSR count). The van der Waals surface area contributed by atoms with Crippen molar-refractivity contribution in [2.75, 3.05) is 19.6 Å². The highest BCUT2D eigenvalue weighted by atomic mass is 15.1. The van der Waals surface area contributed by atoms with Crippen LogP contribution in [0.15, 0.2) is 42.6 Å². The van der Waals surface area contributed by atoms with Crippen LogP contribution in [0.25, 0.3) is 0 Å². The molecule has 0 amide bonds. The van der Waals surface area contributed by atoms with Crippen LogP contribution >= 0.6 is 0 Å². The summed E-state index contributed by atoms with van der Waals surface area (Å²) in [5.41, 5.74) is 6.69. The number of hydrogen-bond acceptors (Lipinski definition) is 3. The number of amidine groups is 1. The average Bonchev–Trinajstić information content (AvgIpc) is 2.48. The van der Waals surface area contributed by atoms with Crippen LogP contribution in [-0.2, 0) is 6.42 Å². The van der Waals surface area contributed by atoms with Crippen LogP contribution in [0.2, 0.25) is 0 Å². The van der Waals surface area contributed by atoms with Gasteiger partial charge in [-0.15, -0.1) is 0 Å². The SMILES string of the molecule is N=C(/C=C\N)NC1CCN(CCc2ccccc2)CC1. The summed E-state index contributed by atoms with van der Waals surface area (Å²) in [4.78, 5) is 2.51. The van der Waals surface area contributed by atoms with Crippen molar-refractivity contribution in [2.45, 2.75) is 25.3 Å². The molecule has 0 unspecified atom stereocenters. The average molecular weight is 272 g/mol. The quantitative estimate of drug-likeness (QED) is 0.565. The largest absolute Gasteiger partial charge is 0.404 e. The van der Waals surface area contributed by atoms with Crippen LogP contribution < -0.4 is 11.1 Å². The number of nitrogens with zero attached hydrogens (tertiary/aromatic N) is 1. The van der Waals surface area contributed by atoms with E-state index in [0.717, 1.165) is 38.9 Å². The molecular formula is C16H24N4. The molecule has 1 heterocycles. The number of rotatable bonds is 5. The van der Waals surface area contributed by atoms with Crippen LogP contribution in [0.3, 0.4) is 0 Å². The predicted octanol–water partition coefficient (Wildman–Crippen LogP) is 1.73. The second kappa shape index (κ2) is 7.70. The molecular weight excluding hydrogens is 248 g/mol. The summed E-state index contributed by atoms with van der Waals surface area (Å²) >= 11 is 0. The maximum absolute atomic E-state index is 7.68. The molecule has 1 aromatic carbocycles. The van der Waals surface area contributed by atoms with Gasteiger partial charge in [-0.3, -0.25) is 5.41 Å². The van der Waals surface area contributed by atoms with E-state index in [2.05, 4.69) is 40.5 Å². The van der Waals surface area contributed by atoms with E-state index in [0.29, 0.717) is 11.9 Å². The van der Waals surface area contributed by atoms with Gasteiger partial charge in [-0.25, -0.2) is 0 Å². The Hall–Kier alpha value is -1.81.